The van der Waals surface area contributed by atoms with Gasteiger partial charge in [-0.25, -0.2) is 0 Å². The molecule has 5 atom stereocenters. The Balaban J connectivity index is 1.39. The molecule has 21 heavy (non-hydrogen) atoms. The average molecular weight is 281 g/mol. The third kappa shape index (κ3) is 1.65. The van der Waals surface area contributed by atoms with Gasteiger partial charge in [0.2, 0.25) is 11.8 Å². The van der Waals surface area contributed by atoms with Gasteiger partial charge in [0, 0.05) is 5.92 Å². The number of hydrogen-bond acceptors (Lipinski definition) is 4. The fraction of sp³-hybridized carbons (Fsp3) is 0.529. The lowest BCUT2D eigenvalue weighted by molar-refractivity contribution is 0.401. The molecule has 108 valence electrons. The number of fused-ring (bicyclic) bond motifs is 5. The third-order valence-electron chi connectivity index (χ3n) is 5.90. The molecule has 0 amide bonds. The van der Waals surface area contributed by atoms with E-state index in [0.29, 0.717) is 11.8 Å². The van der Waals surface area contributed by atoms with Crippen molar-refractivity contribution in [1.82, 2.24) is 10.2 Å². The molecule has 1 aromatic carbocycles. The predicted molar refractivity (Wildman–Crippen MR) is 77.3 cm³/mol. The molecule has 3 aliphatic rings. The normalized spacial score (nSPS) is 37.5. The highest BCUT2D eigenvalue weighted by molar-refractivity contribution is 5.25. The predicted octanol–water partition coefficient (Wildman–Crippen LogP) is 2.88. The first-order valence-electron chi connectivity index (χ1n) is 7.97. The molecule has 3 saturated carbocycles. The van der Waals surface area contributed by atoms with Crippen molar-refractivity contribution < 1.29 is 4.42 Å². The first kappa shape index (κ1) is 11.9. The first-order chi connectivity index (χ1) is 10.3. The van der Waals surface area contributed by atoms with Crippen LogP contribution in [-0.2, 0) is 0 Å². The summed E-state index contributed by atoms with van der Waals surface area (Å²) >= 11 is 0. The van der Waals surface area contributed by atoms with Gasteiger partial charge in [-0.2, -0.15) is 0 Å². The van der Waals surface area contributed by atoms with Gasteiger partial charge in [0.15, 0.2) is 0 Å². The van der Waals surface area contributed by atoms with Crippen LogP contribution in [0.2, 0.25) is 0 Å². The minimum Gasteiger partial charge on any atom is -0.423 e. The number of hydrogen-bond donors (Lipinski definition) is 1. The van der Waals surface area contributed by atoms with Crippen molar-refractivity contribution in [1.29, 1.82) is 0 Å². The minimum absolute atomic E-state index is 0.317. The Kier molecular flexibility index (Phi) is 2.37. The first-order valence-corrected chi connectivity index (χ1v) is 7.97. The largest absolute Gasteiger partial charge is 0.423 e. The molecule has 1 aromatic heterocycles. The monoisotopic (exact) mass is 281 g/mol. The zero-order valence-corrected chi connectivity index (χ0v) is 11.9. The Morgan fingerprint density at radius 1 is 1.05 bits per heavy atom. The summed E-state index contributed by atoms with van der Waals surface area (Å²) in [5.74, 6) is 5.40. The van der Waals surface area contributed by atoms with Crippen LogP contribution in [0, 0.1) is 23.7 Å². The third-order valence-corrected chi connectivity index (χ3v) is 5.90. The molecular weight excluding hydrogens is 262 g/mol. The Morgan fingerprint density at radius 2 is 1.76 bits per heavy atom. The summed E-state index contributed by atoms with van der Waals surface area (Å²) in [5.41, 5.74) is 7.25. The fourth-order valence-corrected chi connectivity index (χ4v) is 4.97. The molecule has 5 unspecified atom stereocenters. The zero-order chi connectivity index (χ0) is 14.0. The number of rotatable bonds is 3. The molecule has 2 N–H and O–H groups in total. The maximum Gasteiger partial charge on any atom is 0.237 e. The summed E-state index contributed by atoms with van der Waals surface area (Å²) in [5, 5.41) is 8.52. The SMILES string of the molecule is NC(c1ccccc1)c1nnc(C2C3C4CCC(C4)C23)o1. The highest BCUT2D eigenvalue weighted by Crippen LogP contribution is 2.72. The minimum atomic E-state index is -0.317. The van der Waals surface area contributed by atoms with Gasteiger partial charge >= 0.3 is 0 Å². The summed E-state index contributed by atoms with van der Waals surface area (Å²) in [6.45, 7) is 0. The molecule has 4 nitrogen and oxygen atoms in total. The maximum absolute atomic E-state index is 6.24. The van der Waals surface area contributed by atoms with Crippen molar-refractivity contribution in [3.63, 3.8) is 0 Å². The molecule has 4 heteroatoms. The van der Waals surface area contributed by atoms with Crippen LogP contribution in [0.25, 0.3) is 0 Å². The van der Waals surface area contributed by atoms with Gasteiger partial charge in [-0.15, -0.1) is 10.2 Å². The van der Waals surface area contributed by atoms with E-state index < -0.39 is 0 Å². The van der Waals surface area contributed by atoms with E-state index in [1.54, 1.807) is 0 Å². The van der Waals surface area contributed by atoms with Gasteiger partial charge in [0.1, 0.15) is 6.04 Å². The van der Waals surface area contributed by atoms with Gasteiger partial charge in [-0.3, -0.25) is 0 Å². The highest BCUT2D eigenvalue weighted by Gasteiger charge is 2.67. The van der Waals surface area contributed by atoms with E-state index in [1.807, 2.05) is 30.3 Å². The van der Waals surface area contributed by atoms with Crippen LogP contribution in [0.4, 0.5) is 0 Å². The summed E-state index contributed by atoms with van der Waals surface area (Å²) < 4.78 is 5.94. The summed E-state index contributed by atoms with van der Waals surface area (Å²) in [7, 11) is 0. The van der Waals surface area contributed by atoms with Crippen LogP contribution in [0.15, 0.2) is 34.7 Å². The average Bonchev–Trinajstić information content (AvgIpc) is 2.94. The second-order valence-corrected chi connectivity index (χ2v) is 6.88. The van der Waals surface area contributed by atoms with E-state index >= 15 is 0 Å². The maximum atomic E-state index is 6.24. The van der Waals surface area contributed by atoms with Crippen LogP contribution < -0.4 is 5.73 Å². The molecule has 2 bridgehead atoms. The van der Waals surface area contributed by atoms with Gasteiger partial charge in [0.25, 0.3) is 0 Å². The van der Waals surface area contributed by atoms with Crippen LogP contribution in [-0.4, -0.2) is 10.2 Å². The summed E-state index contributed by atoms with van der Waals surface area (Å²) in [6.07, 6.45) is 4.26. The Morgan fingerprint density at radius 3 is 2.48 bits per heavy atom. The quantitative estimate of drug-likeness (QED) is 0.939. The summed E-state index contributed by atoms with van der Waals surface area (Å²) in [4.78, 5) is 0. The van der Waals surface area contributed by atoms with Crippen LogP contribution in [0.1, 0.15) is 48.6 Å². The Bertz CT molecular complexity index is 652. The van der Waals surface area contributed by atoms with E-state index in [1.165, 1.54) is 19.3 Å². The smallest absolute Gasteiger partial charge is 0.237 e. The number of aromatic nitrogens is 2. The molecule has 0 spiro atoms. The van der Waals surface area contributed by atoms with Crippen molar-refractivity contribution in [3.05, 3.63) is 47.7 Å². The van der Waals surface area contributed by atoms with Crippen LogP contribution >= 0.6 is 0 Å². The lowest BCUT2D eigenvalue weighted by atomic mass is 10.0. The van der Waals surface area contributed by atoms with Crippen molar-refractivity contribution in [2.75, 3.05) is 0 Å². The van der Waals surface area contributed by atoms with Gasteiger partial charge in [0.05, 0.1) is 0 Å². The lowest BCUT2D eigenvalue weighted by Crippen LogP contribution is -2.12. The topological polar surface area (TPSA) is 64.9 Å². The molecule has 3 aliphatic carbocycles. The van der Waals surface area contributed by atoms with Crippen molar-refractivity contribution in [2.45, 2.75) is 31.2 Å². The van der Waals surface area contributed by atoms with E-state index in [-0.39, 0.29) is 6.04 Å². The fourth-order valence-electron chi connectivity index (χ4n) is 4.97. The molecule has 1 heterocycles. The van der Waals surface area contributed by atoms with Gasteiger partial charge in [-0.1, -0.05) is 30.3 Å². The van der Waals surface area contributed by atoms with E-state index in [4.69, 9.17) is 10.2 Å². The van der Waals surface area contributed by atoms with Gasteiger partial charge in [-0.05, 0) is 48.5 Å². The van der Waals surface area contributed by atoms with E-state index in [0.717, 1.165) is 35.1 Å². The number of nitrogens with zero attached hydrogens (tertiary/aromatic N) is 2. The highest BCUT2D eigenvalue weighted by atomic mass is 16.4. The lowest BCUT2D eigenvalue weighted by Gasteiger charge is -2.07. The number of benzene rings is 1. The van der Waals surface area contributed by atoms with Gasteiger partial charge < -0.3 is 10.2 Å². The number of nitrogens with two attached hydrogens (primary N) is 1. The molecule has 2 aromatic rings. The van der Waals surface area contributed by atoms with E-state index in [9.17, 15) is 0 Å². The summed E-state index contributed by atoms with van der Waals surface area (Å²) in [6, 6.07) is 9.63. The van der Waals surface area contributed by atoms with Crippen LogP contribution in [0.5, 0.6) is 0 Å². The molecule has 0 saturated heterocycles. The van der Waals surface area contributed by atoms with E-state index in [2.05, 4.69) is 10.2 Å². The standard InChI is InChI=1S/C17H19N3O/c18-15(9-4-2-1-3-5-9)17-20-19-16(21-17)14-12-10-6-7-11(8-10)13(12)14/h1-5,10-15H,6-8,18H2. The molecule has 0 radical (unpaired) electrons. The second kappa shape index (κ2) is 4.17. The Labute approximate surface area is 123 Å². The van der Waals surface area contributed by atoms with Crippen molar-refractivity contribution in [3.8, 4) is 0 Å². The Hall–Kier alpha value is -1.68. The van der Waals surface area contributed by atoms with Crippen LogP contribution in [0.3, 0.4) is 0 Å². The van der Waals surface area contributed by atoms with Crippen molar-refractivity contribution >= 4 is 0 Å². The molecule has 5 rings (SSSR count). The molecule has 3 fully saturated rings. The van der Waals surface area contributed by atoms with Crippen molar-refractivity contribution in [2.24, 2.45) is 29.4 Å². The second-order valence-electron chi connectivity index (χ2n) is 6.88. The molecule has 0 aliphatic heterocycles. The zero-order valence-electron chi connectivity index (χ0n) is 11.9. The molecular formula is C17H19N3O.